The highest BCUT2D eigenvalue weighted by Crippen LogP contribution is 2.28. The largest absolute Gasteiger partial charge is 0.369 e. The molecule has 2 aliphatic rings. The summed E-state index contributed by atoms with van der Waals surface area (Å²) in [6.07, 6.45) is 1.49. The Hall–Kier alpha value is -3.90. The molecule has 194 valence electrons. The van der Waals surface area contributed by atoms with Crippen LogP contribution in [0.4, 0.5) is 11.4 Å². The molecular formula is C32H34N4O2. The molecule has 0 N–H and O–H groups in total. The van der Waals surface area contributed by atoms with E-state index < -0.39 is 0 Å². The van der Waals surface area contributed by atoms with Crippen LogP contribution in [0.5, 0.6) is 0 Å². The Morgan fingerprint density at radius 2 is 1.32 bits per heavy atom. The van der Waals surface area contributed by atoms with Gasteiger partial charge in [-0.1, -0.05) is 18.2 Å². The number of hydrogen-bond acceptors (Lipinski definition) is 4. The Labute approximate surface area is 223 Å². The third kappa shape index (κ3) is 4.61. The van der Waals surface area contributed by atoms with Gasteiger partial charge in [0.15, 0.2) is 0 Å². The fraction of sp³-hybridized carbons (Fsp3) is 0.312. The second-order valence-electron chi connectivity index (χ2n) is 10.6. The highest BCUT2D eigenvalue weighted by Gasteiger charge is 2.22. The highest BCUT2D eigenvalue weighted by atomic mass is 16.2. The number of pyridine rings is 1. The summed E-state index contributed by atoms with van der Waals surface area (Å²) in [4.78, 5) is 31.8. The van der Waals surface area contributed by atoms with Crippen molar-refractivity contribution < 1.29 is 4.79 Å². The minimum atomic E-state index is -0.0721. The lowest BCUT2D eigenvalue weighted by molar-refractivity contribution is -0.117. The third-order valence-corrected chi connectivity index (χ3v) is 8.00. The van der Waals surface area contributed by atoms with Gasteiger partial charge in [0.25, 0.3) is 5.56 Å². The van der Waals surface area contributed by atoms with Crippen molar-refractivity contribution >= 4 is 28.2 Å². The van der Waals surface area contributed by atoms with E-state index >= 15 is 0 Å². The molecule has 38 heavy (non-hydrogen) atoms. The van der Waals surface area contributed by atoms with Crippen LogP contribution in [-0.4, -0.2) is 54.1 Å². The van der Waals surface area contributed by atoms with E-state index in [9.17, 15) is 9.59 Å². The minimum absolute atomic E-state index is 0.0721. The zero-order valence-electron chi connectivity index (χ0n) is 22.1. The standard InChI is InChI=1S/C32H34N4O2/c1-23(2)33-18-20-34(21-19-33)27-9-5-24(6-10-27)25-7-15-30-26(22-25)8-16-32(38)36(30)29-13-11-28(12-14-29)35-17-3-4-31(35)37/h5-16,22-23H,3-4,17-21H2,1-2H3. The Morgan fingerprint density at radius 1 is 0.658 bits per heavy atom. The summed E-state index contributed by atoms with van der Waals surface area (Å²) in [6, 6.07) is 26.9. The summed E-state index contributed by atoms with van der Waals surface area (Å²) in [5.74, 6) is 0.161. The predicted molar refractivity (Wildman–Crippen MR) is 155 cm³/mol. The average Bonchev–Trinajstić information content (AvgIpc) is 3.39. The molecule has 6 rings (SSSR count). The first-order valence-corrected chi connectivity index (χ1v) is 13.6. The minimum Gasteiger partial charge on any atom is -0.369 e. The molecule has 6 nitrogen and oxygen atoms in total. The Morgan fingerprint density at radius 3 is 1.97 bits per heavy atom. The smallest absolute Gasteiger partial charge is 0.255 e. The quantitative estimate of drug-likeness (QED) is 0.368. The molecule has 1 aromatic heterocycles. The number of carbonyl (C=O) groups excluding carboxylic acids is 1. The van der Waals surface area contributed by atoms with Crippen LogP contribution in [0, 0.1) is 0 Å². The molecular weight excluding hydrogens is 472 g/mol. The van der Waals surface area contributed by atoms with Crippen LogP contribution >= 0.6 is 0 Å². The molecule has 2 aliphatic heterocycles. The van der Waals surface area contributed by atoms with Gasteiger partial charge in [0.1, 0.15) is 0 Å². The lowest BCUT2D eigenvalue weighted by Gasteiger charge is -2.38. The van der Waals surface area contributed by atoms with Crippen molar-refractivity contribution in [1.29, 1.82) is 0 Å². The molecule has 6 heteroatoms. The second kappa shape index (κ2) is 10.1. The normalized spacial score (nSPS) is 16.7. The van der Waals surface area contributed by atoms with Crippen LogP contribution in [0.15, 0.2) is 83.7 Å². The van der Waals surface area contributed by atoms with Gasteiger partial charge in [-0.05, 0) is 91.4 Å². The molecule has 0 spiro atoms. The van der Waals surface area contributed by atoms with Gasteiger partial charge in [-0.15, -0.1) is 0 Å². The number of amides is 1. The summed E-state index contributed by atoms with van der Waals surface area (Å²) in [7, 11) is 0. The number of carbonyl (C=O) groups is 1. The molecule has 2 saturated heterocycles. The summed E-state index contributed by atoms with van der Waals surface area (Å²) in [5, 5.41) is 1.01. The monoisotopic (exact) mass is 506 g/mol. The van der Waals surface area contributed by atoms with Crippen LogP contribution in [0.25, 0.3) is 27.7 Å². The first-order chi connectivity index (χ1) is 18.5. The molecule has 0 unspecified atom stereocenters. The fourth-order valence-corrected chi connectivity index (χ4v) is 5.76. The van der Waals surface area contributed by atoms with E-state index in [0.717, 1.165) is 72.5 Å². The Bertz CT molecular complexity index is 1510. The van der Waals surface area contributed by atoms with Crippen LogP contribution in [0.2, 0.25) is 0 Å². The van der Waals surface area contributed by atoms with Gasteiger partial charge in [0.05, 0.1) is 5.52 Å². The van der Waals surface area contributed by atoms with E-state index in [2.05, 4.69) is 60.0 Å². The lowest BCUT2D eigenvalue weighted by atomic mass is 10.0. The molecule has 0 atom stereocenters. The molecule has 3 heterocycles. The van der Waals surface area contributed by atoms with Crippen molar-refractivity contribution in [1.82, 2.24) is 9.47 Å². The maximum atomic E-state index is 12.9. The molecule has 2 fully saturated rings. The first kappa shape index (κ1) is 24.4. The van der Waals surface area contributed by atoms with Crippen molar-refractivity contribution in [3.63, 3.8) is 0 Å². The van der Waals surface area contributed by atoms with Gasteiger partial charge in [0.2, 0.25) is 5.91 Å². The number of anilines is 2. The van der Waals surface area contributed by atoms with E-state index in [-0.39, 0.29) is 11.5 Å². The molecule has 0 radical (unpaired) electrons. The summed E-state index contributed by atoms with van der Waals surface area (Å²) >= 11 is 0. The van der Waals surface area contributed by atoms with Gasteiger partial charge >= 0.3 is 0 Å². The molecule has 0 saturated carbocycles. The Kier molecular flexibility index (Phi) is 6.50. The third-order valence-electron chi connectivity index (χ3n) is 8.00. The molecule has 4 aromatic rings. The second-order valence-corrected chi connectivity index (χ2v) is 10.6. The Balaban J connectivity index is 1.25. The van der Waals surface area contributed by atoms with E-state index in [4.69, 9.17) is 0 Å². The van der Waals surface area contributed by atoms with Gasteiger partial charge < -0.3 is 9.80 Å². The van der Waals surface area contributed by atoms with Crippen LogP contribution in [0.1, 0.15) is 26.7 Å². The number of nitrogens with zero attached hydrogens (tertiary/aromatic N) is 4. The number of fused-ring (bicyclic) bond motifs is 1. The van der Waals surface area contributed by atoms with Crippen LogP contribution in [0.3, 0.4) is 0 Å². The zero-order valence-corrected chi connectivity index (χ0v) is 22.1. The van der Waals surface area contributed by atoms with Crippen LogP contribution < -0.4 is 15.4 Å². The van der Waals surface area contributed by atoms with E-state index in [0.29, 0.717) is 12.5 Å². The van der Waals surface area contributed by atoms with Gasteiger partial charge in [-0.25, -0.2) is 0 Å². The van der Waals surface area contributed by atoms with Crippen molar-refractivity contribution in [3.8, 4) is 16.8 Å². The summed E-state index contributed by atoms with van der Waals surface area (Å²) in [5.41, 5.74) is 6.03. The van der Waals surface area contributed by atoms with Crippen molar-refractivity contribution in [3.05, 3.63) is 89.2 Å². The summed E-state index contributed by atoms with van der Waals surface area (Å²) in [6.45, 7) is 9.60. The number of piperazine rings is 1. The van der Waals surface area contributed by atoms with Crippen molar-refractivity contribution in [2.45, 2.75) is 32.7 Å². The maximum absolute atomic E-state index is 12.9. The van der Waals surface area contributed by atoms with E-state index in [1.54, 1.807) is 10.6 Å². The van der Waals surface area contributed by atoms with E-state index in [1.807, 2.05) is 41.3 Å². The predicted octanol–water partition coefficient (Wildman–Crippen LogP) is 5.31. The van der Waals surface area contributed by atoms with E-state index in [1.165, 1.54) is 5.69 Å². The van der Waals surface area contributed by atoms with Crippen molar-refractivity contribution in [2.75, 3.05) is 42.5 Å². The van der Waals surface area contributed by atoms with Crippen LogP contribution in [-0.2, 0) is 4.79 Å². The van der Waals surface area contributed by atoms with Gasteiger partial charge in [0, 0.05) is 68.3 Å². The molecule has 3 aromatic carbocycles. The molecule has 1 amide bonds. The number of aromatic nitrogens is 1. The average molecular weight is 507 g/mol. The molecule has 0 bridgehead atoms. The van der Waals surface area contributed by atoms with Gasteiger partial charge in [-0.2, -0.15) is 0 Å². The SMILES string of the molecule is CC(C)N1CCN(c2ccc(-c3ccc4c(ccc(=O)n4-c4ccc(N5CCCC5=O)cc4)c3)cc2)CC1. The zero-order chi connectivity index (χ0) is 26.2. The van der Waals surface area contributed by atoms with Gasteiger partial charge in [-0.3, -0.25) is 19.1 Å². The highest BCUT2D eigenvalue weighted by molar-refractivity contribution is 5.95. The lowest BCUT2D eigenvalue weighted by Crippen LogP contribution is -2.48. The number of benzene rings is 3. The summed E-state index contributed by atoms with van der Waals surface area (Å²) < 4.78 is 1.74. The maximum Gasteiger partial charge on any atom is 0.255 e. The molecule has 0 aliphatic carbocycles. The van der Waals surface area contributed by atoms with Crippen molar-refractivity contribution in [2.24, 2.45) is 0 Å². The number of hydrogen-bond donors (Lipinski definition) is 0. The fourth-order valence-electron chi connectivity index (χ4n) is 5.76. The first-order valence-electron chi connectivity index (χ1n) is 13.6. The topological polar surface area (TPSA) is 48.8 Å². The number of rotatable bonds is 5.